The lowest BCUT2D eigenvalue weighted by molar-refractivity contribution is -0.148. The van der Waals surface area contributed by atoms with Crippen molar-refractivity contribution < 1.29 is 18.7 Å². The molecule has 1 aromatic rings. The molecule has 2 saturated heterocycles. The molecule has 1 aliphatic carbocycles. The number of nitrogens with zero attached hydrogens (tertiary/aromatic N) is 2. The number of hydrogen-bond acceptors (Lipinski definition) is 4. The van der Waals surface area contributed by atoms with Crippen LogP contribution in [0.3, 0.4) is 0 Å². The van der Waals surface area contributed by atoms with Crippen LogP contribution in [0.15, 0.2) is 24.4 Å². The van der Waals surface area contributed by atoms with Crippen molar-refractivity contribution in [2.24, 2.45) is 5.92 Å². The van der Waals surface area contributed by atoms with Crippen molar-refractivity contribution in [1.29, 1.82) is 0 Å². The number of halogens is 1. The minimum absolute atomic E-state index is 0.0967. The van der Waals surface area contributed by atoms with Crippen LogP contribution in [0.4, 0.5) is 4.39 Å². The molecular formula is C18H22FN3O3. The van der Waals surface area contributed by atoms with E-state index in [1.54, 1.807) is 11.1 Å². The van der Waals surface area contributed by atoms with Gasteiger partial charge in [0.15, 0.2) is 5.67 Å². The van der Waals surface area contributed by atoms with Gasteiger partial charge in [-0.2, -0.15) is 0 Å². The Morgan fingerprint density at radius 3 is 2.96 bits per heavy atom. The molecule has 1 aromatic heterocycles. The minimum atomic E-state index is -1.71. The Bertz CT molecular complexity index is 665. The Kier molecular flexibility index (Phi) is 4.19. The molecule has 2 amide bonds. The number of carbonyl (C=O) groups excluding carboxylic acids is 2. The summed E-state index contributed by atoms with van der Waals surface area (Å²) >= 11 is 0. The maximum Gasteiger partial charge on any atom is 0.260 e. The van der Waals surface area contributed by atoms with Crippen LogP contribution in [0.1, 0.15) is 31.4 Å². The first-order valence-corrected chi connectivity index (χ1v) is 8.86. The van der Waals surface area contributed by atoms with E-state index in [-0.39, 0.29) is 43.4 Å². The summed E-state index contributed by atoms with van der Waals surface area (Å²) < 4.78 is 20.0. The summed E-state index contributed by atoms with van der Waals surface area (Å²) in [6.07, 6.45) is 3.37. The summed E-state index contributed by atoms with van der Waals surface area (Å²) in [5.74, 6) is -0.981. The molecule has 2 aliphatic heterocycles. The highest BCUT2D eigenvalue weighted by atomic mass is 19.1. The fourth-order valence-corrected chi connectivity index (χ4v) is 3.78. The molecule has 1 saturated carbocycles. The smallest absolute Gasteiger partial charge is 0.260 e. The van der Waals surface area contributed by atoms with Gasteiger partial charge in [0.05, 0.1) is 30.3 Å². The van der Waals surface area contributed by atoms with Crippen LogP contribution in [-0.4, -0.2) is 52.7 Å². The number of amides is 2. The average Bonchev–Trinajstić information content (AvgIpc) is 3.21. The maximum atomic E-state index is 14.3. The monoisotopic (exact) mass is 347 g/mol. The number of fused-ring (bicyclic) bond motifs is 1. The zero-order valence-electron chi connectivity index (χ0n) is 14.0. The Morgan fingerprint density at radius 1 is 1.40 bits per heavy atom. The fraction of sp³-hybridized carbons (Fsp3) is 0.611. The van der Waals surface area contributed by atoms with Gasteiger partial charge in [-0.15, -0.1) is 0 Å². The molecule has 3 fully saturated rings. The highest BCUT2D eigenvalue weighted by Crippen LogP contribution is 2.44. The Morgan fingerprint density at radius 2 is 2.24 bits per heavy atom. The van der Waals surface area contributed by atoms with E-state index in [4.69, 9.17) is 4.74 Å². The molecule has 6 nitrogen and oxygen atoms in total. The van der Waals surface area contributed by atoms with E-state index in [1.807, 2.05) is 18.2 Å². The predicted octanol–water partition coefficient (Wildman–Crippen LogP) is 1.21. The van der Waals surface area contributed by atoms with Crippen LogP contribution >= 0.6 is 0 Å². The normalized spacial score (nSPS) is 29.8. The number of hydrogen-bond donors (Lipinski definition) is 1. The first-order valence-electron chi connectivity index (χ1n) is 8.86. The number of piperidine rings is 1. The van der Waals surface area contributed by atoms with E-state index in [0.29, 0.717) is 19.6 Å². The van der Waals surface area contributed by atoms with Crippen molar-refractivity contribution in [3.8, 4) is 0 Å². The van der Waals surface area contributed by atoms with Crippen molar-refractivity contribution in [1.82, 2.24) is 15.2 Å². The topological polar surface area (TPSA) is 71.5 Å². The van der Waals surface area contributed by atoms with Gasteiger partial charge in [-0.3, -0.25) is 14.6 Å². The third-order valence-electron chi connectivity index (χ3n) is 5.38. The Labute approximate surface area is 145 Å². The van der Waals surface area contributed by atoms with Crippen molar-refractivity contribution in [2.75, 3.05) is 13.2 Å². The van der Waals surface area contributed by atoms with Gasteiger partial charge in [0.1, 0.15) is 0 Å². The molecule has 25 heavy (non-hydrogen) atoms. The third-order valence-corrected chi connectivity index (χ3v) is 5.38. The molecule has 4 rings (SSSR count). The van der Waals surface area contributed by atoms with Crippen molar-refractivity contribution >= 4 is 11.8 Å². The summed E-state index contributed by atoms with van der Waals surface area (Å²) in [6.45, 7) is 1.16. The number of rotatable bonds is 4. The van der Waals surface area contributed by atoms with Gasteiger partial charge in [-0.05, 0) is 37.8 Å². The quantitative estimate of drug-likeness (QED) is 0.889. The fourth-order valence-electron chi connectivity index (χ4n) is 3.78. The zero-order chi connectivity index (χ0) is 17.4. The third kappa shape index (κ3) is 3.25. The highest BCUT2D eigenvalue weighted by molar-refractivity contribution is 5.89. The maximum absolute atomic E-state index is 14.3. The van der Waals surface area contributed by atoms with Gasteiger partial charge < -0.3 is 15.0 Å². The van der Waals surface area contributed by atoms with Gasteiger partial charge in [0.25, 0.3) is 5.91 Å². The van der Waals surface area contributed by atoms with Crippen LogP contribution in [0.25, 0.3) is 0 Å². The van der Waals surface area contributed by atoms with Crippen LogP contribution in [0.2, 0.25) is 0 Å². The van der Waals surface area contributed by atoms with Gasteiger partial charge in [0, 0.05) is 19.3 Å². The first-order chi connectivity index (χ1) is 12.1. The molecule has 3 heterocycles. The second kappa shape index (κ2) is 6.37. The van der Waals surface area contributed by atoms with E-state index in [0.717, 1.165) is 12.1 Å². The minimum Gasteiger partial charge on any atom is -0.376 e. The molecule has 1 N–H and O–H groups in total. The van der Waals surface area contributed by atoms with Crippen LogP contribution in [0, 0.1) is 5.92 Å². The van der Waals surface area contributed by atoms with E-state index >= 15 is 0 Å². The number of likely N-dealkylation sites (tertiary alicyclic amines) is 1. The molecule has 0 bridgehead atoms. The number of ether oxygens (including phenoxy) is 1. The number of aromatic nitrogens is 1. The summed E-state index contributed by atoms with van der Waals surface area (Å²) in [7, 11) is 0. The molecule has 7 heteroatoms. The second-order valence-electron chi connectivity index (χ2n) is 7.16. The SMILES string of the molecule is O=C(NCc1ccccn1)[C@@H]1C[C@H]2OCC[C@H]2N(C(=O)C2(F)CC2)C1. The predicted molar refractivity (Wildman–Crippen MR) is 87.1 cm³/mol. The Balaban J connectivity index is 1.43. The summed E-state index contributed by atoms with van der Waals surface area (Å²) in [5.41, 5.74) is -0.935. The van der Waals surface area contributed by atoms with Crippen LogP contribution in [0.5, 0.6) is 0 Å². The van der Waals surface area contributed by atoms with Crippen molar-refractivity contribution in [2.45, 2.75) is 50.0 Å². The van der Waals surface area contributed by atoms with E-state index in [9.17, 15) is 14.0 Å². The number of carbonyl (C=O) groups is 2. The molecule has 3 atom stereocenters. The number of alkyl halides is 1. The molecule has 0 spiro atoms. The number of nitrogens with one attached hydrogen (secondary N) is 1. The van der Waals surface area contributed by atoms with Crippen LogP contribution in [-0.2, 0) is 20.9 Å². The van der Waals surface area contributed by atoms with Crippen LogP contribution < -0.4 is 5.32 Å². The first kappa shape index (κ1) is 16.4. The van der Waals surface area contributed by atoms with Crippen molar-refractivity contribution in [3.63, 3.8) is 0 Å². The van der Waals surface area contributed by atoms with Gasteiger partial charge in [0.2, 0.25) is 5.91 Å². The standard InChI is InChI=1S/C18H22FN3O3/c19-18(5-6-18)17(24)22-11-12(9-15-14(22)4-8-25-15)16(23)21-10-13-3-1-2-7-20-13/h1-3,7,12,14-15H,4-6,8-11H2,(H,21,23)/t12-,14-,15-/m1/s1. The van der Waals surface area contributed by atoms with E-state index in [1.165, 1.54) is 0 Å². The molecule has 0 unspecified atom stereocenters. The summed E-state index contributed by atoms with van der Waals surface area (Å²) in [4.78, 5) is 30.8. The molecule has 3 aliphatic rings. The highest BCUT2D eigenvalue weighted by Gasteiger charge is 2.56. The lowest BCUT2D eigenvalue weighted by atomic mass is 9.89. The molecule has 0 radical (unpaired) electrons. The van der Waals surface area contributed by atoms with Gasteiger partial charge in [-0.25, -0.2) is 4.39 Å². The molecule has 134 valence electrons. The second-order valence-corrected chi connectivity index (χ2v) is 7.16. The molecule has 0 aromatic carbocycles. The van der Waals surface area contributed by atoms with E-state index < -0.39 is 11.6 Å². The summed E-state index contributed by atoms with van der Waals surface area (Å²) in [6, 6.07) is 5.43. The van der Waals surface area contributed by atoms with Gasteiger partial charge in [-0.1, -0.05) is 6.07 Å². The molecular weight excluding hydrogens is 325 g/mol. The lowest BCUT2D eigenvalue weighted by Gasteiger charge is -2.40. The summed E-state index contributed by atoms with van der Waals surface area (Å²) in [5, 5.41) is 2.87. The number of pyridine rings is 1. The lowest BCUT2D eigenvalue weighted by Crippen LogP contribution is -2.57. The average molecular weight is 347 g/mol. The van der Waals surface area contributed by atoms with Crippen molar-refractivity contribution in [3.05, 3.63) is 30.1 Å². The zero-order valence-corrected chi connectivity index (χ0v) is 14.0. The Hall–Kier alpha value is -2.02. The van der Waals surface area contributed by atoms with Gasteiger partial charge >= 0.3 is 0 Å². The van der Waals surface area contributed by atoms with E-state index in [2.05, 4.69) is 10.3 Å². The largest absolute Gasteiger partial charge is 0.376 e.